The van der Waals surface area contributed by atoms with Crippen molar-refractivity contribution >= 4 is 0 Å². The van der Waals surface area contributed by atoms with Gasteiger partial charge in [-0.2, -0.15) is 0 Å². The first-order valence-electron chi connectivity index (χ1n) is 5.09. The number of ether oxygens (including phenoxy) is 2. The smallest absolute Gasteiger partial charge is 0.231 e. The molecule has 2 atom stereocenters. The van der Waals surface area contributed by atoms with Gasteiger partial charge in [-0.05, 0) is 24.1 Å². The molecule has 2 unspecified atom stereocenters. The third-order valence-corrected chi connectivity index (χ3v) is 2.53. The summed E-state index contributed by atoms with van der Waals surface area (Å²) in [7, 11) is 0. The normalized spacial score (nSPS) is 17.2. The highest BCUT2D eigenvalue weighted by molar-refractivity contribution is 5.45. The van der Waals surface area contributed by atoms with Crippen molar-refractivity contribution in [2.75, 3.05) is 13.4 Å². The maximum absolute atomic E-state index is 9.79. The molecule has 5 nitrogen and oxygen atoms in total. The molecule has 0 radical (unpaired) electrons. The van der Waals surface area contributed by atoms with Gasteiger partial charge in [-0.25, -0.2) is 0 Å². The minimum atomic E-state index is -1.03. The van der Waals surface area contributed by atoms with E-state index in [2.05, 4.69) is 0 Å². The Hall–Kier alpha value is -1.30. The average Bonchev–Trinajstić information content (AvgIpc) is 2.75. The van der Waals surface area contributed by atoms with Crippen LogP contribution in [0.1, 0.15) is 18.1 Å². The van der Waals surface area contributed by atoms with Crippen molar-refractivity contribution in [3.05, 3.63) is 23.8 Å². The third-order valence-electron chi connectivity index (χ3n) is 2.53. The molecule has 0 fully saturated rings. The molecule has 0 saturated heterocycles. The number of aliphatic hydroxyl groups is 3. The highest BCUT2D eigenvalue weighted by Crippen LogP contribution is 2.34. The van der Waals surface area contributed by atoms with Gasteiger partial charge in [0.25, 0.3) is 0 Å². The molecule has 1 aromatic rings. The number of hydrogen-bond acceptors (Lipinski definition) is 5. The lowest BCUT2D eigenvalue weighted by Gasteiger charge is -2.17. The van der Waals surface area contributed by atoms with E-state index in [1.54, 1.807) is 18.2 Å². The summed E-state index contributed by atoms with van der Waals surface area (Å²) in [5, 5.41) is 28.0. The molecule has 0 aromatic heterocycles. The van der Waals surface area contributed by atoms with Crippen LogP contribution in [0, 0.1) is 0 Å². The summed E-state index contributed by atoms with van der Waals surface area (Å²) in [4.78, 5) is 0. The predicted octanol–water partition coefficient (Wildman–Crippen LogP) is 0.192. The van der Waals surface area contributed by atoms with Gasteiger partial charge in [0.15, 0.2) is 11.5 Å². The first-order chi connectivity index (χ1) is 7.72. The molecule has 5 heteroatoms. The number of benzene rings is 1. The van der Waals surface area contributed by atoms with Crippen LogP contribution < -0.4 is 9.47 Å². The molecule has 1 heterocycles. The summed E-state index contributed by atoms with van der Waals surface area (Å²) in [6.07, 6.45) is -1.87. The Morgan fingerprint density at radius 3 is 2.69 bits per heavy atom. The number of fused-ring (bicyclic) bond motifs is 1. The molecule has 0 amide bonds. The molecule has 1 aliphatic heterocycles. The fraction of sp³-hybridized carbons (Fsp3) is 0.455. The largest absolute Gasteiger partial charge is 0.454 e. The van der Waals surface area contributed by atoms with E-state index < -0.39 is 12.2 Å². The second-order valence-corrected chi connectivity index (χ2v) is 3.64. The Morgan fingerprint density at radius 1 is 1.19 bits per heavy atom. The van der Waals surface area contributed by atoms with E-state index in [1.807, 2.05) is 0 Å². The SMILES string of the molecule is OCCC(O)C(O)c1ccc2c(c1)OCO2. The lowest BCUT2D eigenvalue weighted by molar-refractivity contribution is 0.00414. The van der Waals surface area contributed by atoms with E-state index in [9.17, 15) is 10.2 Å². The summed E-state index contributed by atoms with van der Waals surface area (Å²) < 4.78 is 10.3. The fourth-order valence-electron chi connectivity index (χ4n) is 1.61. The van der Waals surface area contributed by atoms with E-state index in [0.717, 1.165) is 0 Å². The van der Waals surface area contributed by atoms with Gasteiger partial charge >= 0.3 is 0 Å². The van der Waals surface area contributed by atoms with Gasteiger partial charge in [0.05, 0.1) is 6.10 Å². The van der Waals surface area contributed by atoms with Gasteiger partial charge in [-0.1, -0.05) is 6.07 Å². The van der Waals surface area contributed by atoms with Crippen LogP contribution in [-0.4, -0.2) is 34.8 Å². The molecule has 2 rings (SSSR count). The van der Waals surface area contributed by atoms with Gasteiger partial charge < -0.3 is 24.8 Å². The van der Waals surface area contributed by atoms with Crippen molar-refractivity contribution < 1.29 is 24.8 Å². The maximum Gasteiger partial charge on any atom is 0.231 e. The van der Waals surface area contributed by atoms with E-state index in [1.165, 1.54) is 0 Å². The quantitative estimate of drug-likeness (QED) is 0.683. The zero-order chi connectivity index (χ0) is 11.5. The van der Waals surface area contributed by atoms with Crippen molar-refractivity contribution in [3.63, 3.8) is 0 Å². The van der Waals surface area contributed by atoms with Crippen LogP contribution in [0.15, 0.2) is 18.2 Å². The Labute approximate surface area is 92.9 Å². The van der Waals surface area contributed by atoms with Crippen molar-refractivity contribution in [3.8, 4) is 11.5 Å². The Kier molecular flexibility index (Phi) is 3.28. The van der Waals surface area contributed by atoms with Crippen molar-refractivity contribution in [2.24, 2.45) is 0 Å². The first kappa shape index (κ1) is 11.2. The van der Waals surface area contributed by atoms with Crippen LogP contribution in [0.3, 0.4) is 0 Å². The van der Waals surface area contributed by atoms with Crippen LogP contribution in [0.4, 0.5) is 0 Å². The molecular weight excluding hydrogens is 212 g/mol. The highest BCUT2D eigenvalue weighted by Gasteiger charge is 2.21. The highest BCUT2D eigenvalue weighted by atomic mass is 16.7. The second-order valence-electron chi connectivity index (χ2n) is 3.64. The van der Waals surface area contributed by atoms with Crippen LogP contribution in [-0.2, 0) is 0 Å². The molecule has 1 aliphatic rings. The molecule has 0 aliphatic carbocycles. The van der Waals surface area contributed by atoms with Gasteiger partial charge in [0.1, 0.15) is 6.10 Å². The van der Waals surface area contributed by atoms with Gasteiger partial charge in [0.2, 0.25) is 6.79 Å². The average molecular weight is 226 g/mol. The summed E-state index contributed by atoms with van der Waals surface area (Å²) in [6, 6.07) is 4.99. The van der Waals surface area contributed by atoms with E-state index in [4.69, 9.17) is 14.6 Å². The van der Waals surface area contributed by atoms with Crippen LogP contribution >= 0.6 is 0 Å². The minimum absolute atomic E-state index is 0.135. The summed E-state index contributed by atoms with van der Waals surface area (Å²) in [5.74, 6) is 1.19. The van der Waals surface area contributed by atoms with Crippen LogP contribution in [0.2, 0.25) is 0 Å². The molecule has 0 bridgehead atoms. The molecule has 0 spiro atoms. The second kappa shape index (κ2) is 4.69. The lowest BCUT2D eigenvalue weighted by Crippen LogP contribution is -2.19. The van der Waals surface area contributed by atoms with Crippen LogP contribution in [0.25, 0.3) is 0 Å². The van der Waals surface area contributed by atoms with E-state index in [0.29, 0.717) is 17.1 Å². The lowest BCUT2D eigenvalue weighted by atomic mass is 10.0. The fourth-order valence-corrected chi connectivity index (χ4v) is 1.61. The molecule has 0 saturated carbocycles. The summed E-state index contributed by atoms with van der Waals surface area (Å²) >= 11 is 0. The van der Waals surface area contributed by atoms with Crippen molar-refractivity contribution in [1.29, 1.82) is 0 Å². The Bertz CT molecular complexity index is 365. The summed E-state index contributed by atoms with van der Waals surface area (Å²) in [6.45, 7) is 0.0108. The maximum atomic E-state index is 9.79. The minimum Gasteiger partial charge on any atom is -0.454 e. The number of rotatable bonds is 4. The van der Waals surface area contributed by atoms with Crippen LogP contribution in [0.5, 0.6) is 11.5 Å². The zero-order valence-electron chi connectivity index (χ0n) is 8.67. The van der Waals surface area contributed by atoms with Gasteiger partial charge in [-0.3, -0.25) is 0 Å². The zero-order valence-corrected chi connectivity index (χ0v) is 8.67. The Morgan fingerprint density at radius 2 is 1.94 bits per heavy atom. The topological polar surface area (TPSA) is 79.2 Å². The van der Waals surface area contributed by atoms with Crippen molar-refractivity contribution in [1.82, 2.24) is 0 Å². The molecule has 3 N–H and O–H groups in total. The summed E-state index contributed by atoms with van der Waals surface area (Å²) in [5.41, 5.74) is 0.546. The van der Waals surface area contributed by atoms with E-state index in [-0.39, 0.29) is 19.8 Å². The molecule has 16 heavy (non-hydrogen) atoms. The number of hydrogen-bond donors (Lipinski definition) is 3. The predicted molar refractivity (Wildman–Crippen MR) is 55.2 cm³/mol. The third kappa shape index (κ3) is 2.11. The van der Waals surface area contributed by atoms with Gasteiger partial charge in [-0.15, -0.1) is 0 Å². The first-order valence-corrected chi connectivity index (χ1v) is 5.09. The monoisotopic (exact) mass is 226 g/mol. The molecular formula is C11H14O5. The number of aliphatic hydroxyl groups excluding tert-OH is 3. The van der Waals surface area contributed by atoms with E-state index >= 15 is 0 Å². The van der Waals surface area contributed by atoms with Crippen molar-refractivity contribution in [2.45, 2.75) is 18.6 Å². The Balaban J connectivity index is 2.14. The standard InChI is InChI=1S/C11H14O5/c12-4-3-8(13)11(14)7-1-2-9-10(5-7)16-6-15-9/h1-2,5,8,11-14H,3-4,6H2. The molecule has 88 valence electrons. The molecule has 1 aromatic carbocycles. The van der Waals surface area contributed by atoms with Gasteiger partial charge in [0, 0.05) is 6.61 Å².